The topological polar surface area (TPSA) is 101 Å². The second-order valence-corrected chi connectivity index (χ2v) is 9.26. The molecule has 1 aliphatic heterocycles. The Morgan fingerprint density at radius 2 is 1.73 bits per heavy atom. The van der Waals surface area contributed by atoms with Crippen molar-refractivity contribution in [3.63, 3.8) is 0 Å². The summed E-state index contributed by atoms with van der Waals surface area (Å²) in [6, 6.07) is 9.84. The lowest BCUT2D eigenvalue weighted by molar-refractivity contribution is -0.385. The van der Waals surface area contributed by atoms with Gasteiger partial charge < -0.3 is 4.90 Å². The number of rotatable bonds is 6. The molecule has 0 aliphatic carbocycles. The minimum atomic E-state index is -3.61. The largest absolute Gasteiger partial charge is 0.304 e. The Labute approximate surface area is 179 Å². The molecule has 0 saturated carbocycles. The maximum absolute atomic E-state index is 12.7. The lowest BCUT2D eigenvalue weighted by Crippen LogP contribution is -2.46. The van der Waals surface area contributed by atoms with Crippen LogP contribution in [0.5, 0.6) is 0 Å². The molecular formula is C20H20ClN3O5S. The van der Waals surface area contributed by atoms with Crippen molar-refractivity contribution >= 4 is 39.2 Å². The van der Waals surface area contributed by atoms with E-state index in [4.69, 9.17) is 11.6 Å². The normalized spacial score (nSPS) is 16.1. The van der Waals surface area contributed by atoms with Crippen LogP contribution < -0.4 is 0 Å². The van der Waals surface area contributed by atoms with Crippen LogP contribution in [0, 0.1) is 10.1 Å². The van der Waals surface area contributed by atoms with Crippen molar-refractivity contribution < 1.29 is 18.1 Å². The van der Waals surface area contributed by atoms with E-state index in [0.717, 1.165) is 0 Å². The zero-order valence-electron chi connectivity index (χ0n) is 16.2. The fourth-order valence-electron chi connectivity index (χ4n) is 3.05. The Hall–Kier alpha value is -2.59. The molecule has 10 heteroatoms. The molecular weight excluding hydrogens is 430 g/mol. The Bertz CT molecular complexity index is 1090. The van der Waals surface area contributed by atoms with Gasteiger partial charge in [-0.3, -0.25) is 14.9 Å². The number of nitro groups is 1. The molecule has 0 amide bonds. The molecule has 3 rings (SSSR count). The molecule has 1 heterocycles. The first-order valence-electron chi connectivity index (χ1n) is 9.13. The van der Waals surface area contributed by atoms with Gasteiger partial charge in [0.05, 0.1) is 15.4 Å². The van der Waals surface area contributed by atoms with Crippen LogP contribution in [0.4, 0.5) is 5.69 Å². The number of hydrogen-bond acceptors (Lipinski definition) is 6. The quantitative estimate of drug-likeness (QED) is 0.291. The monoisotopic (exact) mass is 449 g/mol. The summed E-state index contributed by atoms with van der Waals surface area (Å²) >= 11 is 5.78. The molecule has 0 unspecified atom stereocenters. The highest BCUT2D eigenvalue weighted by molar-refractivity contribution is 7.89. The highest BCUT2D eigenvalue weighted by Crippen LogP contribution is 2.24. The number of hydrogen-bond donors (Lipinski definition) is 0. The van der Waals surface area contributed by atoms with Crippen molar-refractivity contribution in [2.75, 3.05) is 33.2 Å². The first-order valence-corrected chi connectivity index (χ1v) is 11.0. The molecule has 0 radical (unpaired) electrons. The van der Waals surface area contributed by atoms with Crippen molar-refractivity contribution in [3.8, 4) is 0 Å². The highest BCUT2D eigenvalue weighted by Gasteiger charge is 2.27. The standard InChI is InChI=1S/C20H20ClN3O5S/c1-22-10-12-23(13-11-22)30(28,29)18-7-3-16(4-8-18)20(25)9-5-15-2-6-17(21)14-19(15)24(26)27/h2-9,14H,10-13H2,1H3/b9-5+. The van der Waals surface area contributed by atoms with Gasteiger partial charge in [-0.1, -0.05) is 11.6 Å². The van der Waals surface area contributed by atoms with Crippen molar-refractivity contribution in [1.29, 1.82) is 0 Å². The molecule has 2 aromatic rings. The summed E-state index contributed by atoms with van der Waals surface area (Å²) < 4.78 is 26.9. The molecule has 158 valence electrons. The minimum absolute atomic E-state index is 0.126. The van der Waals surface area contributed by atoms with E-state index in [-0.39, 0.29) is 26.7 Å². The van der Waals surface area contributed by atoms with Gasteiger partial charge in [0.25, 0.3) is 5.69 Å². The predicted octanol–water partition coefficient (Wildman–Crippen LogP) is 3.08. The summed E-state index contributed by atoms with van der Waals surface area (Å²) in [5, 5.41) is 11.4. The predicted molar refractivity (Wildman–Crippen MR) is 114 cm³/mol. The summed E-state index contributed by atoms with van der Waals surface area (Å²) in [6.07, 6.45) is 2.55. The number of carbonyl (C=O) groups is 1. The number of halogens is 1. The molecule has 0 aromatic heterocycles. The van der Waals surface area contributed by atoms with Crippen molar-refractivity contribution in [2.45, 2.75) is 4.90 Å². The number of nitro benzene ring substituents is 1. The van der Waals surface area contributed by atoms with Gasteiger partial charge in [-0.15, -0.1) is 0 Å². The number of ketones is 1. The fraction of sp³-hybridized carbons (Fsp3) is 0.250. The molecule has 0 bridgehead atoms. The Morgan fingerprint density at radius 3 is 2.33 bits per heavy atom. The Kier molecular flexibility index (Phi) is 6.67. The SMILES string of the molecule is CN1CCN(S(=O)(=O)c2ccc(C(=O)/C=C/c3ccc(Cl)cc3[N+](=O)[O-])cc2)CC1. The number of nitrogens with zero attached hydrogens (tertiary/aromatic N) is 3. The van der Waals surface area contributed by atoms with Crippen LogP contribution >= 0.6 is 11.6 Å². The van der Waals surface area contributed by atoms with Crippen LogP contribution in [0.15, 0.2) is 53.4 Å². The second kappa shape index (κ2) is 9.05. The van der Waals surface area contributed by atoms with Gasteiger partial charge in [0.1, 0.15) is 0 Å². The summed E-state index contributed by atoms with van der Waals surface area (Å²) in [4.78, 5) is 25.2. The lowest BCUT2D eigenvalue weighted by atomic mass is 10.1. The molecule has 0 spiro atoms. The minimum Gasteiger partial charge on any atom is -0.304 e. The molecule has 1 fully saturated rings. The third kappa shape index (κ3) is 4.93. The molecule has 30 heavy (non-hydrogen) atoms. The number of benzene rings is 2. The van der Waals surface area contributed by atoms with Crippen LogP contribution in [-0.2, 0) is 10.0 Å². The van der Waals surface area contributed by atoms with E-state index in [1.54, 1.807) is 0 Å². The van der Waals surface area contributed by atoms with E-state index >= 15 is 0 Å². The number of carbonyl (C=O) groups excluding carboxylic acids is 1. The smallest absolute Gasteiger partial charge is 0.278 e. The third-order valence-corrected chi connectivity index (χ3v) is 6.99. The van der Waals surface area contributed by atoms with E-state index in [0.29, 0.717) is 26.2 Å². The van der Waals surface area contributed by atoms with Crippen LogP contribution in [-0.4, -0.2) is 61.6 Å². The van der Waals surface area contributed by atoms with Gasteiger partial charge in [-0.2, -0.15) is 4.31 Å². The zero-order valence-corrected chi connectivity index (χ0v) is 17.8. The number of piperazine rings is 1. The van der Waals surface area contributed by atoms with Crippen LogP contribution in [0.25, 0.3) is 6.08 Å². The van der Waals surface area contributed by atoms with Gasteiger partial charge >= 0.3 is 0 Å². The second-order valence-electron chi connectivity index (χ2n) is 6.89. The number of allylic oxidation sites excluding steroid dienone is 1. The van der Waals surface area contributed by atoms with Gasteiger partial charge in [0, 0.05) is 42.8 Å². The maximum atomic E-state index is 12.7. The summed E-state index contributed by atoms with van der Waals surface area (Å²) in [5.41, 5.74) is 0.312. The third-order valence-electron chi connectivity index (χ3n) is 4.84. The first-order chi connectivity index (χ1) is 14.2. The lowest BCUT2D eigenvalue weighted by Gasteiger charge is -2.31. The maximum Gasteiger partial charge on any atom is 0.278 e. The fourth-order valence-corrected chi connectivity index (χ4v) is 4.63. The van der Waals surface area contributed by atoms with E-state index in [1.807, 2.05) is 7.05 Å². The van der Waals surface area contributed by atoms with Crippen LogP contribution in [0.2, 0.25) is 5.02 Å². The van der Waals surface area contributed by atoms with Gasteiger partial charge in [0.15, 0.2) is 5.78 Å². The average Bonchev–Trinajstić information content (AvgIpc) is 2.73. The molecule has 0 atom stereocenters. The van der Waals surface area contributed by atoms with Gasteiger partial charge in [0.2, 0.25) is 10.0 Å². The van der Waals surface area contributed by atoms with E-state index in [2.05, 4.69) is 4.90 Å². The van der Waals surface area contributed by atoms with Crippen LogP contribution in [0.1, 0.15) is 15.9 Å². The molecule has 1 aliphatic rings. The van der Waals surface area contributed by atoms with Crippen molar-refractivity contribution in [1.82, 2.24) is 9.21 Å². The van der Waals surface area contributed by atoms with Crippen molar-refractivity contribution in [3.05, 3.63) is 74.8 Å². The van der Waals surface area contributed by atoms with E-state index in [1.165, 1.54) is 58.9 Å². The molecule has 8 nitrogen and oxygen atoms in total. The van der Waals surface area contributed by atoms with Crippen molar-refractivity contribution in [2.24, 2.45) is 0 Å². The zero-order chi connectivity index (χ0) is 21.9. The molecule has 2 aromatic carbocycles. The van der Waals surface area contributed by atoms with Crippen LogP contribution in [0.3, 0.4) is 0 Å². The number of likely N-dealkylation sites (N-methyl/N-ethyl adjacent to an activating group) is 1. The highest BCUT2D eigenvalue weighted by atomic mass is 35.5. The Morgan fingerprint density at radius 1 is 1.10 bits per heavy atom. The van der Waals surface area contributed by atoms with E-state index in [9.17, 15) is 23.3 Å². The average molecular weight is 450 g/mol. The summed E-state index contributed by atoms with van der Waals surface area (Å²) in [6.45, 7) is 2.17. The summed E-state index contributed by atoms with van der Waals surface area (Å²) in [7, 11) is -1.67. The Balaban J connectivity index is 1.76. The summed E-state index contributed by atoms with van der Waals surface area (Å²) in [5.74, 6) is -0.400. The van der Waals surface area contributed by atoms with Gasteiger partial charge in [-0.25, -0.2) is 8.42 Å². The first kappa shape index (κ1) is 22.1. The van der Waals surface area contributed by atoms with E-state index < -0.39 is 20.7 Å². The molecule has 0 N–H and O–H groups in total. The number of sulfonamides is 1. The van der Waals surface area contributed by atoms with Gasteiger partial charge in [-0.05, 0) is 55.6 Å². The molecule has 1 saturated heterocycles.